The molecule has 2 heterocycles. The molecule has 6 heteroatoms. The van der Waals surface area contributed by atoms with E-state index in [0.29, 0.717) is 23.7 Å². The Balaban J connectivity index is 2.56. The van der Waals surface area contributed by atoms with Crippen molar-refractivity contribution in [1.29, 1.82) is 0 Å². The van der Waals surface area contributed by atoms with Crippen molar-refractivity contribution in [3.8, 4) is 5.88 Å². The van der Waals surface area contributed by atoms with Gasteiger partial charge >= 0.3 is 5.97 Å². The smallest absolute Gasteiger partial charge is 0.354 e. The first kappa shape index (κ1) is 11.9. The van der Waals surface area contributed by atoms with Crippen LogP contribution in [0.3, 0.4) is 0 Å². The van der Waals surface area contributed by atoms with Gasteiger partial charge in [0.05, 0.1) is 13.7 Å². The van der Waals surface area contributed by atoms with Crippen LogP contribution < -0.4 is 4.74 Å². The second-order valence-electron chi connectivity index (χ2n) is 3.31. The molecule has 0 saturated heterocycles. The zero-order valence-electron chi connectivity index (χ0n) is 9.41. The molecule has 0 unspecified atom stereocenters. The second-order valence-corrected chi connectivity index (χ2v) is 4.16. The van der Waals surface area contributed by atoms with Crippen LogP contribution in [-0.4, -0.2) is 29.7 Å². The van der Waals surface area contributed by atoms with Crippen molar-refractivity contribution in [2.75, 3.05) is 13.7 Å². The lowest BCUT2D eigenvalue weighted by atomic mass is 10.3. The number of halogens is 1. The molecule has 0 saturated carbocycles. The van der Waals surface area contributed by atoms with Crippen LogP contribution in [-0.2, 0) is 4.74 Å². The average Bonchev–Trinajstić information content (AvgIpc) is 2.76. The van der Waals surface area contributed by atoms with E-state index in [0.717, 1.165) is 9.86 Å². The number of nitrogens with one attached hydrogen (secondary N) is 1. The predicted octanol–water partition coefficient (Wildman–Crippen LogP) is 2.51. The summed E-state index contributed by atoms with van der Waals surface area (Å²) in [6.45, 7) is 2.10. The highest BCUT2D eigenvalue weighted by molar-refractivity contribution is 9.10. The van der Waals surface area contributed by atoms with Crippen molar-refractivity contribution in [2.45, 2.75) is 6.92 Å². The van der Waals surface area contributed by atoms with E-state index in [4.69, 9.17) is 9.47 Å². The van der Waals surface area contributed by atoms with Crippen LogP contribution in [0.15, 0.2) is 16.7 Å². The average molecular weight is 299 g/mol. The van der Waals surface area contributed by atoms with Crippen LogP contribution in [0.5, 0.6) is 5.88 Å². The summed E-state index contributed by atoms with van der Waals surface area (Å²) < 4.78 is 10.8. The number of hydrogen-bond donors (Lipinski definition) is 1. The summed E-state index contributed by atoms with van der Waals surface area (Å²) in [6.07, 6.45) is 1.63. The first-order valence-corrected chi connectivity index (χ1v) is 5.85. The van der Waals surface area contributed by atoms with Crippen molar-refractivity contribution in [3.05, 3.63) is 22.4 Å². The standard InChI is InChI=1S/C11H11BrN2O3/c1-3-17-11(15)8-4-6-7(12)5-13-10(16-2)9(6)14-8/h4-5,14H,3H2,1-2H3. The number of carbonyl (C=O) groups excluding carboxylic acids is 1. The predicted molar refractivity (Wildman–Crippen MR) is 66.3 cm³/mol. The van der Waals surface area contributed by atoms with Gasteiger partial charge in [-0.05, 0) is 28.9 Å². The largest absolute Gasteiger partial charge is 0.479 e. The quantitative estimate of drug-likeness (QED) is 0.884. The van der Waals surface area contributed by atoms with Gasteiger partial charge in [-0.2, -0.15) is 0 Å². The Kier molecular flexibility index (Phi) is 3.33. The normalized spacial score (nSPS) is 10.5. The van der Waals surface area contributed by atoms with Crippen LogP contribution in [0, 0.1) is 0 Å². The third-order valence-electron chi connectivity index (χ3n) is 2.27. The van der Waals surface area contributed by atoms with Crippen LogP contribution in [0.25, 0.3) is 10.9 Å². The number of aromatic amines is 1. The molecule has 2 aromatic rings. The molecule has 0 radical (unpaired) electrons. The summed E-state index contributed by atoms with van der Waals surface area (Å²) in [5, 5.41) is 0.833. The van der Waals surface area contributed by atoms with E-state index in [1.54, 1.807) is 19.2 Å². The molecule has 17 heavy (non-hydrogen) atoms. The third-order valence-corrected chi connectivity index (χ3v) is 2.90. The fourth-order valence-corrected chi connectivity index (χ4v) is 1.95. The maximum Gasteiger partial charge on any atom is 0.354 e. The van der Waals surface area contributed by atoms with Gasteiger partial charge in [-0.3, -0.25) is 0 Å². The Bertz CT molecular complexity index is 565. The summed E-state index contributed by atoms with van der Waals surface area (Å²) in [4.78, 5) is 18.6. The van der Waals surface area contributed by atoms with Crippen molar-refractivity contribution in [2.24, 2.45) is 0 Å². The molecule has 0 aliphatic rings. The molecule has 0 amide bonds. The summed E-state index contributed by atoms with van der Waals surface area (Å²) in [7, 11) is 1.53. The van der Waals surface area contributed by atoms with E-state index in [2.05, 4.69) is 25.9 Å². The number of ether oxygens (including phenoxy) is 2. The van der Waals surface area contributed by atoms with E-state index >= 15 is 0 Å². The lowest BCUT2D eigenvalue weighted by Gasteiger charge is -2.00. The van der Waals surface area contributed by atoms with Crippen LogP contribution >= 0.6 is 15.9 Å². The zero-order valence-corrected chi connectivity index (χ0v) is 11.0. The Hall–Kier alpha value is -1.56. The third kappa shape index (κ3) is 2.12. The SMILES string of the molecule is CCOC(=O)c1cc2c(Br)cnc(OC)c2[nH]1. The maximum atomic E-state index is 11.6. The van der Waals surface area contributed by atoms with E-state index in [9.17, 15) is 4.79 Å². The number of H-pyrrole nitrogens is 1. The van der Waals surface area contributed by atoms with Gasteiger partial charge in [0.15, 0.2) is 0 Å². The minimum absolute atomic E-state index is 0.338. The Morgan fingerprint density at radius 3 is 3.00 bits per heavy atom. The number of hydrogen-bond acceptors (Lipinski definition) is 4. The van der Waals surface area contributed by atoms with E-state index in [-0.39, 0.29) is 0 Å². The van der Waals surface area contributed by atoms with E-state index in [1.807, 2.05) is 0 Å². The Morgan fingerprint density at radius 2 is 2.35 bits per heavy atom. The number of rotatable bonds is 3. The van der Waals surface area contributed by atoms with Gasteiger partial charge in [-0.25, -0.2) is 9.78 Å². The van der Waals surface area contributed by atoms with Crippen LogP contribution in [0.4, 0.5) is 0 Å². The zero-order chi connectivity index (χ0) is 12.4. The molecule has 0 aromatic carbocycles. The van der Waals surface area contributed by atoms with Crippen molar-refractivity contribution in [3.63, 3.8) is 0 Å². The van der Waals surface area contributed by atoms with Crippen LogP contribution in [0.1, 0.15) is 17.4 Å². The Morgan fingerprint density at radius 1 is 1.59 bits per heavy atom. The summed E-state index contributed by atoms with van der Waals surface area (Å²) in [6, 6.07) is 1.71. The first-order valence-electron chi connectivity index (χ1n) is 5.05. The van der Waals surface area contributed by atoms with Gasteiger partial charge in [0.1, 0.15) is 11.2 Å². The summed E-state index contributed by atoms with van der Waals surface area (Å²) >= 11 is 3.37. The van der Waals surface area contributed by atoms with Crippen molar-refractivity contribution >= 4 is 32.8 Å². The molecule has 1 N–H and O–H groups in total. The molecule has 2 rings (SSSR count). The maximum absolute atomic E-state index is 11.6. The molecule has 5 nitrogen and oxygen atoms in total. The lowest BCUT2D eigenvalue weighted by molar-refractivity contribution is 0.0520. The van der Waals surface area contributed by atoms with Gasteiger partial charge in [0.2, 0.25) is 5.88 Å². The minimum Gasteiger partial charge on any atom is -0.479 e. The fourth-order valence-electron chi connectivity index (χ4n) is 1.53. The number of nitrogens with zero attached hydrogens (tertiary/aromatic N) is 1. The molecule has 0 atom stereocenters. The van der Waals surface area contributed by atoms with Gasteiger partial charge < -0.3 is 14.5 Å². The molecular formula is C11H11BrN2O3. The first-order chi connectivity index (χ1) is 8.17. The number of carbonyl (C=O) groups is 1. The number of pyridine rings is 1. The molecule has 0 aliphatic carbocycles. The van der Waals surface area contributed by atoms with Gasteiger partial charge in [0.25, 0.3) is 0 Å². The highest BCUT2D eigenvalue weighted by atomic mass is 79.9. The fraction of sp³-hybridized carbons (Fsp3) is 0.273. The number of methoxy groups -OCH3 is 1. The Labute approximate surface area is 106 Å². The lowest BCUT2D eigenvalue weighted by Crippen LogP contribution is -2.04. The molecule has 2 aromatic heterocycles. The molecule has 90 valence electrons. The number of fused-ring (bicyclic) bond motifs is 1. The highest BCUT2D eigenvalue weighted by Crippen LogP contribution is 2.29. The van der Waals surface area contributed by atoms with Crippen LogP contribution in [0.2, 0.25) is 0 Å². The van der Waals surface area contributed by atoms with Gasteiger partial charge in [-0.15, -0.1) is 0 Å². The topological polar surface area (TPSA) is 64.2 Å². The number of esters is 1. The van der Waals surface area contributed by atoms with E-state index < -0.39 is 5.97 Å². The summed E-state index contributed by atoms with van der Waals surface area (Å²) in [5.74, 6) is 0.0522. The molecule has 0 aliphatic heterocycles. The second kappa shape index (κ2) is 4.75. The molecular weight excluding hydrogens is 288 g/mol. The van der Waals surface area contributed by atoms with Crippen molar-refractivity contribution < 1.29 is 14.3 Å². The molecule has 0 bridgehead atoms. The monoisotopic (exact) mass is 298 g/mol. The van der Waals surface area contributed by atoms with E-state index in [1.165, 1.54) is 7.11 Å². The highest BCUT2D eigenvalue weighted by Gasteiger charge is 2.15. The summed E-state index contributed by atoms with van der Waals surface area (Å²) in [5.41, 5.74) is 1.05. The minimum atomic E-state index is -0.391. The van der Waals surface area contributed by atoms with Gasteiger partial charge in [0, 0.05) is 16.1 Å². The number of aromatic nitrogens is 2. The molecule has 0 spiro atoms. The van der Waals surface area contributed by atoms with Gasteiger partial charge in [-0.1, -0.05) is 0 Å². The molecule has 0 fully saturated rings. The van der Waals surface area contributed by atoms with Crippen molar-refractivity contribution in [1.82, 2.24) is 9.97 Å².